The van der Waals surface area contributed by atoms with Crippen molar-refractivity contribution < 1.29 is 24.1 Å². The lowest BCUT2D eigenvalue weighted by Crippen LogP contribution is -2.26. The van der Waals surface area contributed by atoms with Crippen molar-refractivity contribution in [2.24, 2.45) is 0 Å². The molecule has 0 unspecified atom stereocenters. The second-order valence-electron chi connectivity index (χ2n) is 7.01. The predicted octanol–water partition coefficient (Wildman–Crippen LogP) is 3.71. The Hall–Kier alpha value is -4.43. The topological polar surface area (TPSA) is 197 Å². The minimum Gasteiger partial charge on any atom is -0.377 e. The second kappa shape index (κ2) is 8.75. The molecule has 3 rings (SSSR count). The van der Waals surface area contributed by atoms with E-state index >= 15 is 0 Å². The molecule has 0 spiro atoms. The van der Waals surface area contributed by atoms with Crippen LogP contribution in [0.5, 0.6) is 0 Å². The van der Waals surface area contributed by atoms with Crippen molar-refractivity contribution in [1.29, 1.82) is 0 Å². The molecule has 1 aliphatic carbocycles. The zero-order valence-corrected chi connectivity index (χ0v) is 16.0. The van der Waals surface area contributed by atoms with E-state index in [-0.39, 0.29) is 24.2 Å². The fraction of sp³-hybridized carbons (Fsp3) is 0.294. The highest BCUT2D eigenvalue weighted by Gasteiger charge is 2.36. The van der Waals surface area contributed by atoms with Gasteiger partial charge in [-0.1, -0.05) is 0 Å². The lowest BCUT2D eigenvalue weighted by Gasteiger charge is -2.17. The van der Waals surface area contributed by atoms with Crippen molar-refractivity contribution in [3.05, 3.63) is 76.9 Å². The molecule has 3 atom stereocenters. The van der Waals surface area contributed by atoms with E-state index in [4.69, 9.17) is 0 Å². The van der Waals surface area contributed by atoms with Crippen LogP contribution in [-0.4, -0.2) is 37.9 Å². The number of non-ortho nitro benzene ring substituents is 2. The molecule has 0 aromatic heterocycles. The molecule has 2 aromatic carbocycles. The number of hydrogen-bond acceptors (Lipinski definition) is 10. The van der Waals surface area contributed by atoms with Crippen molar-refractivity contribution in [3.63, 3.8) is 0 Å². The lowest BCUT2D eigenvalue weighted by molar-refractivity contribution is -0.393. The van der Waals surface area contributed by atoms with E-state index in [1.807, 2.05) is 0 Å². The third-order valence-electron chi connectivity index (χ3n) is 4.96. The average Bonchev–Trinajstić information content (AvgIpc) is 3.06. The Labute approximate surface area is 177 Å². The quantitative estimate of drug-likeness (QED) is 0.441. The molecule has 0 amide bonds. The summed E-state index contributed by atoms with van der Waals surface area (Å²) in [7, 11) is 0. The van der Waals surface area contributed by atoms with Crippen LogP contribution in [0.4, 0.5) is 38.5 Å². The summed E-state index contributed by atoms with van der Waals surface area (Å²) in [4.78, 5) is 41.0. The van der Waals surface area contributed by atoms with Gasteiger partial charge in [-0.3, -0.25) is 40.5 Å². The molecule has 0 heterocycles. The van der Waals surface area contributed by atoms with Crippen LogP contribution in [0.15, 0.2) is 36.4 Å². The molecule has 1 aliphatic rings. The van der Waals surface area contributed by atoms with Crippen molar-refractivity contribution in [1.82, 2.24) is 0 Å². The number of nitro groups is 4. The number of nitrogens with zero attached hydrogens (tertiary/aromatic N) is 4. The summed E-state index contributed by atoms with van der Waals surface area (Å²) in [5, 5.41) is 49.7. The Bertz CT molecular complexity index is 1110. The molecule has 2 N–H and O–H groups in total. The number of nitrogens with one attached hydrogen (secondary N) is 2. The van der Waals surface area contributed by atoms with Gasteiger partial charge in [0.25, 0.3) is 22.7 Å². The summed E-state index contributed by atoms with van der Waals surface area (Å²) in [6.45, 7) is 0. The molecule has 2 aromatic rings. The van der Waals surface area contributed by atoms with Crippen LogP contribution in [-0.2, 0) is 0 Å². The van der Waals surface area contributed by atoms with E-state index in [9.17, 15) is 44.8 Å². The van der Waals surface area contributed by atoms with Gasteiger partial charge in [-0.05, 0) is 18.6 Å². The molecule has 14 nitrogen and oxygen atoms in total. The first-order valence-corrected chi connectivity index (χ1v) is 9.09. The SMILES string of the molecule is O=[N+]([O-])c1ccc(N[C@H]2C[C@@H](F)[C@@H](Nc3ccc([N+](=O)[O-])cc3[N+](=O)[O-])C2)c([N+](=O)[O-])c1. The van der Waals surface area contributed by atoms with Crippen LogP contribution in [0.3, 0.4) is 0 Å². The van der Waals surface area contributed by atoms with Gasteiger partial charge in [0, 0.05) is 24.6 Å². The Balaban J connectivity index is 1.77. The molecule has 15 heteroatoms. The van der Waals surface area contributed by atoms with Crippen LogP contribution in [0.1, 0.15) is 12.8 Å². The molecular weight excluding hydrogens is 435 g/mol. The van der Waals surface area contributed by atoms with E-state index in [0.717, 1.165) is 36.4 Å². The minimum absolute atomic E-state index is 0.0280. The summed E-state index contributed by atoms with van der Waals surface area (Å²) >= 11 is 0. The predicted molar refractivity (Wildman–Crippen MR) is 108 cm³/mol. The summed E-state index contributed by atoms with van der Waals surface area (Å²) in [5.41, 5.74) is -2.22. The van der Waals surface area contributed by atoms with E-state index in [1.165, 1.54) is 0 Å². The third kappa shape index (κ3) is 4.66. The fourth-order valence-corrected chi connectivity index (χ4v) is 3.49. The van der Waals surface area contributed by atoms with Gasteiger partial charge in [0.2, 0.25) is 0 Å². The molecule has 32 heavy (non-hydrogen) atoms. The van der Waals surface area contributed by atoms with Gasteiger partial charge in [-0.25, -0.2) is 4.39 Å². The minimum atomic E-state index is -1.49. The highest BCUT2D eigenvalue weighted by molar-refractivity contribution is 5.67. The van der Waals surface area contributed by atoms with Crippen LogP contribution in [0.25, 0.3) is 0 Å². The maximum absolute atomic E-state index is 14.6. The molecule has 0 aliphatic heterocycles. The summed E-state index contributed by atoms with van der Waals surface area (Å²) in [5.74, 6) is 0. The number of nitro benzene ring substituents is 4. The first-order valence-electron chi connectivity index (χ1n) is 9.09. The number of rotatable bonds is 8. The van der Waals surface area contributed by atoms with Gasteiger partial charge in [0.05, 0.1) is 37.9 Å². The van der Waals surface area contributed by atoms with Gasteiger partial charge < -0.3 is 10.6 Å². The van der Waals surface area contributed by atoms with Gasteiger partial charge in [-0.15, -0.1) is 0 Å². The molecule has 0 bridgehead atoms. The number of halogens is 1. The van der Waals surface area contributed by atoms with Gasteiger partial charge >= 0.3 is 0 Å². The maximum Gasteiger partial charge on any atom is 0.299 e. The Morgan fingerprint density at radius 3 is 1.62 bits per heavy atom. The van der Waals surface area contributed by atoms with Crippen LogP contribution in [0.2, 0.25) is 0 Å². The second-order valence-corrected chi connectivity index (χ2v) is 7.01. The Kier molecular flexibility index (Phi) is 6.08. The van der Waals surface area contributed by atoms with Crippen LogP contribution in [0, 0.1) is 40.5 Å². The van der Waals surface area contributed by atoms with Crippen molar-refractivity contribution in [2.45, 2.75) is 31.1 Å². The fourth-order valence-electron chi connectivity index (χ4n) is 3.49. The summed E-state index contributed by atoms with van der Waals surface area (Å²) in [6.07, 6.45) is -1.50. The van der Waals surface area contributed by atoms with Gasteiger partial charge in [0.1, 0.15) is 17.5 Å². The van der Waals surface area contributed by atoms with E-state index < -0.39 is 60.7 Å². The Morgan fingerprint density at radius 1 is 0.719 bits per heavy atom. The number of anilines is 2. The number of hydrogen-bond donors (Lipinski definition) is 2. The normalized spacial score (nSPS) is 19.8. The van der Waals surface area contributed by atoms with Gasteiger partial charge in [-0.2, -0.15) is 0 Å². The monoisotopic (exact) mass is 450 g/mol. The molecule has 1 saturated carbocycles. The molecular formula is C17H15FN6O8. The molecule has 0 radical (unpaired) electrons. The molecule has 0 saturated heterocycles. The van der Waals surface area contributed by atoms with Crippen LogP contribution < -0.4 is 10.6 Å². The Morgan fingerprint density at radius 2 is 1.19 bits per heavy atom. The highest BCUT2D eigenvalue weighted by atomic mass is 19.1. The smallest absolute Gasteiger partial charge is 0.299 e. The van der Waals surface area contributed by atoms with E-state index in [0.29, 0.717) is 0 Å². The molecule has 1 fully saturated rings. The first-order chi connectivity index (χ1) is 15.1. The largest absolute Gasteiger partial charge is 0.377 e. The van der Waals surface area contributed by atoms with Gasteiger partial charge in [0.15, 0.2) is 0 Å². The molecule has 168 valence electrons. The number of alkyl halides is 1. The summed E-state index contributed by atoms with van der Waals surface area (Å²) in [6, 6.07) is 4.43. The maximum atomic E-state index is 14.6. The van der Waals surface area contributed by atoms with Crippen molar-refractivity contribution in [3.8, 4) is 0 Å². The standard InChI is InChI=1S/C17H15FN6O8/c18-12-5-9(19-13-3-1-10(21(25)26)7-16(13)23(29)30)6-15(12)20-14-4-2-11(22(27)28)8-17(14)24(31)32/h1-4,7-9,12,15,19-20H,5-6H2/t9-,12+,15-/m0/s1. The highest BCUT2D eigenvalue weighted by Crippen LogP contribution is 2.36. The number of benzene rings is 2. The summed E-state index contributed by atoms with van der Waals surface area (Å²) < 4.78 is 14.6. The zero-order chi connectivity index (χ0) is 23.6. The average molecular weight is 450 g/mol. The van der Waals surface area contributed by atoms with Crippen molar-refractivity contribution >= 4 is 34.1 Å². The lowest BCUT2D eigenvalue weighted by atomic mass is 10.1. The van der Waals surface area contributed by atoms with Crippen LogP contribution >= 0.6 is 0 Å². The first kappa shape index (κ1) is 22.3. The van der Waals surface area contributed by atoms with E-state index in [1.54, 1.807) is 0 Å². The third-order valence-corrected chi connectivity index (χ3v) is 4.96. The van der Waals surface area contributed by atoms with Crippen molar-refractivity contribution in [2.75, 3.05) is 10.6 Å². The zero-order valence-electron chi connectivity index (χ0n) is 16.0. The van der Waals surface area contributed by atoms with E-state index in [2.05, 4.69) is 10.6 Å².